The van der Waals surface area contributed by atoms with Crippen LogP contribution in [-0.4, -0.2) is 17.6 Å². The first kappa shape index (κ1) is 12.2. The fourth-order valence-corrected chi connectivity index (χ4v) is 2.38. The second-order valence-corrected chi connectivity index (χ2v) is 4.71. The van der Waals surface area contributed by atoms with Crippen molar-refractivity contribution in [2.24, 2.45) is 5.92 Å². The molecule has 0 atom stereocenters. The van der Waals surface area contributed by atoms with E-state index >= 15 is 0 Å². The Morgan fingerprint density at radius 2 is 2.12 bits per heavy atom. The minimum Gasteiger partial charge on any atom is -0.475 e. The summed E-state index contributed by atoms with van der Waals surface area (Å²) in [5.74, 6) is 0.471. The fourth-order valence-electron chi connectivity index (χ4n) is 2.38. The van der Waals surface area contributed by atoms with Crippen LogP contribution in [-0.2, 0) is 6.54 Å². The van der Waals surface area contributed by atoms with Crippen LogP contribution in [0.3, 0.4) is 0 Å². The average Bonchev–Trinajstić information content (AvgIpc) is 2.79. The Bertz CT molecular complexity index is 366. The number of nitrogens with one attached hydrogen (secondary N) is 1. The van der Waals surface area contributed by atoms with Crippen molar-refractivity contribution in [2.45, 2.75) is 38.6 Å². The van der Waals surface area contributed by atoms with Crippen molar-refractivity contribution >= 4 is 5.97 Å². The fraction of sp³-hybridized carbons (Fsp3) is 0.615. The molecule has 1 aliphatic rings. The van der Waals surface area contributed by atoms with Crippen LogP contribution in [0.4, 0.5) is 0 Å². The molecule has 2 N–H and O–H groups in total. The molecule has 2 rings (SSSR count). The van der Waals surface area contributed by atoms with E-state index in [1.807, 2.05) is 0 Å². The maximum absolute atomic E-state index is 10.6. The van der Waals surface area contributed by atoms with Gasteiger partial charge in [0, 0.05) is 0 Å². The summed E-state index contributed by atoms with van der Waals surface area (Å²) in [6.07, 6.45) is 6.68. The van der Waals surface area contributed by atoms with Crippen molar-refractivity contribution in [1.82, 2.24) is 5.32 Å². The number of hydrogen-bond acceptors (Lipinski definition) is 3. The molecule has 94 valence electrons. The van der Waals surface area contributed by atoms with Gasteiger partial charge in [-0.25, -0.2) is 4.79 Å². The minimum absolute atomic E-state index is 0.0134. The predicted molar refractivity (Wildman–Crippen MR) is 63.9 cm³/mol. The number of carboxylic acid groups (broad SMARTS) is 1. The van der Waals surface area contributed by atoms with Crippen molar-refractivity contribution in [3.05, 3.63) is 23.7 Å². The van der Waals surface area contributed by atoms with Crippen molar-refractivity contribution in [2.75, 3.05) is 6.54 Å². The largest absolute Gasteiger partial charge is 0.475 e. The second kappa shape index (κ2) is 5.87. The summed E-state index contributed by atoms with van der Waals surface area (Å²) in [4.78, 5) is 10.6. The lowest BCUT2D eigenvalue weighted by Gasteiger charge is -2.21. The molecule has 0 aromatic carbocycles. The summed E-state index contributed by atoms with van der Waals surface area (Å²) in [6, 6.07) is 3.22. The van der Waals surface area contributed by atoms with Gasteiger partial charge >= 0.3 is 5.97 Å². The maximum atomic E-state index is 10.6. The third-order valence-corrected chi connectivity index (χ3v) is 3.33. The Labute approximate surface area is 101 Å². The van der Waals surface area contributed by atoms with Gasteiger partial charge in [0.1, 0.15) is 5.76 Å². The Balaban J connectivity index is 1.71. The highest BCUT2D eigenvalue weighted by Gasteiger charge is 2.13. The first-order chi connectivity index (χ1) is 8.25. The number of aromatic carboxylic acids is 1. The van der Waals surface area contributed by atoms with Crippen LogP contribution >= 0.6 is 0 Å². The molecular formula is C13H19NO3. The third-order valence-electron chi connectivity index (χ3n) is 3.33. The van der Waals surface area contributed by atoms with E-state index in [0.29, 0.717) is 12.3 Å². The van der Waals surface area contributed by atoms with Crippen molar-refractivity contribution in [3.8, 4) is 0 Å². The Morgan fingerprint density at radius 1 is 1.35 bits per heavy atom. The summed E-state index contributed by atoms with van der Waals surface area (Å²) in [7, 11) is 0. The molecule has 1 aromatic rings. The topological polar surface area (TPSA) is 62.5 Å². The van der Waals surface area contributed by atoms with Crippen molar-refractivity contribution in [1.29, 1.82) is 0 Å². The molecule has 1 saturated carbocycles. The highest BCUT2D eigenvalue weighted by atomic mass is 16.4. The van der Waals surface area contributed by atoms with Gasteiger partial charge in [0.15, 0.2) is 0 Å². The molecule has 1 aliphatic carbocycles. The van der Waals surface area contributed by atoms with Gasteiger partial charge in [-0.05, 0) is 37.4 Å². The molecular weight excluding hydrogens is 218 g/mol. The van der Waals surface area contributed by atoms with Crippen LogP contribution in [0.2, 0.25) is 0 Å². The average molecular weight is 237 g/mol. The molecule has 1 aromatic heterocycles. The van der Waals surface area contributed by atoms with Crippen LogP contribution in [0.1, 0.15) is 48.4 Å². The molecule has 17 heavy (non-hydrogen) atoms. The third kappa shape index (κ3) is 3.60. The summed E-state index contributed by atoms with van der Waals surface area (Å²) >= 11 is 0. The Hall–Kier alpha value is -1.29. The monoisotopic (exact) mass is 237 g/mol. The molecule has 4 nitrogen and oxygen atoms in total. The van der Waals surface area contributed by atoms with Crippen LogP contribution < -0.4 is 5.32 Å². The van der Waals surface area contributed by atoms with E-state index in [-0.39, 0.29) is 5.76 Å². The lowest BCUT2D eigenvalue weighted by molar-refractivity contribution is 0.0660. The van der Waals surface area contributed by atoms with Crippen molar-refractivity contribution < 1.29 is 14.3 Å². The first-order valence-corrected chi connectivity index (χ1v) is 6.28. The van der Waals surface area contributed by atoms with Crippen LogP contribution in [0.5, 0.6) is 0 Å². The molecule has 0 unspecified atom stereocenters. The van der Waals surface area contributed by atoms with E-state index in [9.17, 15) is 4.79 Å². The van der Waals surface area contributed by atoms with Crippen LogP contribution in [0, 0.1) is 5.92 Å². The highest BCUT2D eigenvalue weighted by Crippen LogP contribution is 2.22. The molecule has 0 aliphatic heterocycles. The van der Waals surface area contributed by atoms with Gasteiger partial charge in [-0.1, -0.05) is 19.3 Å². The Morgan fingerprint density at radius 3 is 2.76 bits per heavy atom. The summed E-state index contributed by atoms with van der Waals surface area (Å²) in [6.45, 7) is 1.62. The molecule has 0 bridgehead atoms. The quantitative estimate of drug-likeness (QED) is 0.826. The number of rotatable bonds is 5. The van der Waals surface area contributed by atoms with Gasteiger partial charge in [0.2, 0.25) is 5.76 Å². The lowest BCUT2D eigenvalue weighted by atomic mass is 9.89. The minimum atomic E-state index is -1.01. The number of carboxylic acids is 1. The molecule has 1 heterocycles. The normalized spacial score (nSPS) is 17.2. The van der Waals surface area contributed by atoms with E-state index in [1.54, 1.807) is 6.07 Å². The zero-order chi connectivity index (χ0) is 12.1. The lowest BCUT2D eigenvalue weighted by Crippen LogP contribution is -2.23. The van der Waals surface area contributed by atoms with Gasteiger partial charge in [-0.15, -0.1) is 0 Å². The summed E-state index contributed by atoms with van der Waals surface area (Å²) in [5.41, 5.74) is 0. The van der Waals surface area contributed by atoms with E-state index in [0.717, 1.165) is 12.5 Å². The van der Waals surface area contributed by atoms with Crippen LogP contribution in [0.15, 0.2) is 16.5 Å². The van der Waals surface area contributed by atoms with Gasteiger partial charge in [0.05, 0.1) is 6.54 Å². The number of carbonyl (C=O) groups is 1. The van der Waals surface area contributed by atoms with Crippen molar-refractivity contribution in [3.63, 3.8) is 0 Å². The van der Waals surface area contributed by atoms with E-state index in [1.165, 1.54) is 38.2 Å². The number of furan rings is 1. The van der Waals surface area contributed by atoms with E-state index in [4.69, 9.17) is 9.52 Å². The zero-order valence-electron chi connectivity index (χ0n) is 9.95. The van der Waals surface area contributed by atoms with Gasteiger partial charge in [0.25, 0.3) is 0 Å². The molecule has 0 saturated heterocycles. The van der Waals surface area contributed by atoms with Gasteiger partial charge < -0.3 is 14.8 Å². The standard InChI is InChI=1S/C13H19NO3/c15-13(16)12-7-6-11(17-12)9-14-8-10-4-2-1-3-5-10/h6-7,10,14H,1-5,8-9H2,(H,15,16). The second-order valence-electron chi connectivity index (χ2n) is 4.71. The zero-order valence-corrected chi connectivity index (χ0v) is 9.95. The molecule has 0 spiro atoms. The number of hydrogen-bond donors (Lipinski definition) is 2. The first-order valence-electron chi connectivity index (χ1n) is 6.28. The summed E-state index contributed by atoms with van der Waals surface area (Å²) < 4.78 is 5.17. The predicted octanol–water partition coefficient (Wildman–Crippen LogP) is 2.65. The maximum Gasteiger partial charge on any atom is 0.371 e. The molecule has 0 radical (unpaired) electrons. The molecule has 0 amide bonds. The Kier molecular flexibility index (Phi) is 4.20. The van der Waals surface area contributed by atoms with Gasteiger partial charge in [-0.2, -0.15) is 0 Å². The van der Waals surface area contributed by atoms with Crippen LogP contribution in [0.25, 0.3) is 0 Å². The molecule has 1 fully saturated rings. The smallest absolute Gasteiger partial charge is 0.371 e. The van der Waals surface area contributed by atoms with E-state index < -0.39 is 5.97 Å². The highest BCUT2D eigenvalue weighted by molar-refractivity contribution is 5.84. The molecule has 4 heteroatoms. The van der Waals surface area contributed by atoms with Gasteiger partial charge in [-0.3, -0.25) is 0 Å². The summed E-state index contributed by atoms with van der Waals surface area (Å²) in [5, 5.41) is 12.1. The van der Waals surface area contributed by atoms with E-state index in [2.05, 4.69) is 5.32 Å². The SMILES string of the molecule is O=C(O)c1ccc(CNCC2CCCCC2)o1.